The van der Waals surface area contributed by atoms with Gasteiger partial charge in [0.25, 0.3) is 0 Å². The van der Waals surface area contributed by atoms with E-state index in [0.29, 0.717) is 11.0 Å². The van der Waals surface area contributed by atoms with Gasteiger partial charge in [-0.1, -0.05) is 18.7 Å². The van der Waals surface area contributed by atoms with E-state index in [1.165, 1.54) is 0 Å². The number of nitrogens with zero attached hydrogens (tertiary/aromatic N) is 4. The molecular weight excluding hydrogens is 266 g/mol. The predicted molar refractivity (Wildman–Crippen MR) is 71.0 cm³/mol. The maximum absolute atomic E-state index is 10.5. The monoisotopic (exact) mass is 281 g/mol. The quantitative estimate of drug-likeness (QED) is 0.777. The van der Waals surface area contributed by atoms with Crippen molar-refractivity contribution >= 4 is 17.7 Å². The van der Waals surface area contributed by atoms with Crippen LogP contribution in [0.5, 0.6) is 0 Å². The first-order valence-electron chi connectivity index (χ1n) is 5.98. The van der Waals surface area contributed by atoms with Crippen LogP contribution < -0.4 is 0 Å². The maximum Gasteiger partial charge on any atom is 0.313 e. The minimum Gasteiger partial charge on any atom is -0.481 e. The molecular formula is C11H15N5O2S. The number of nitrogens with one attached hydrogen (secondary N) is 1. The van der Waals surface area contributed by atoms with E-state index in [4.69, 9.17) is 5.11 Å². The molecule has 0 aliphatic rings. The molecule has 0 amide bonds. The number of aromatic amines is 1. The molecule has 0 aliphatic carbocycles. The first-order valence-corrected chi connectivity index (χ1v) is 6.96. The number of carbonyl (C=O) groups is 1. The van der Waals surface area contributed by atoms with E-state index < -0.39 is 5.97 Å². The van der Waals surface area contributed by atoms with Crippen LogP contribution >= 0.6 is 11.8 Å². The van der Waals surface area contributed by atoms with E-state index in [1.807, 2.05) is 24.6 Å². The summed E-state index contributed by atoms with van der Waals surface area (Å²) >= 11 is 1.09. The standard InChI is InChI=1S/C11H15N5O2S/c1-3-7-5-8(16(4-2)15-7)10-12-11(14-13-10)19-6-9(17)18/h5H,3-4,6H2,1-2H3,(H,17,18)(H,12,13,14). The molecule has 2 N–H and O–H groups in total. The smallest absolute Gasteiger partial charge is 0.313 e. The van der Waals surface area contributed by atoms with E-state index in [9.17, 15) is 4.79 Å². The van der Waals surface area contributed by atoms with Gasteiger partial charge in [-0.2, -0.15) is 10.1 Å². The summed E-state index contributed by atoms with van der Waals surface area (Å²) in [5.74, 6) is -0.324. The lowest BCUT2D eigenvalue weighted by molar-refractivity contribution is -0.133. The maximum atomic E-state index is 10.5. The lowest BCUT2D eigenvalue weighted by Crippen LogP contribution is -2.00. The number of hydrogen-bond donors (Lipinski definition) is 2. The normalized spacial score (nSPS) is 10.8. The van der Waals surface area contributed by atoms with Crippen LogP contribution in [0.3, 0.4) is 0 Å². The molecule has 19 heavy (non-hydrogen) atoms. The van der Waals surface area contributed by atoms with Crippen LogP contribution in [0.15, 0.2) is 11.2 Å². The van der Waals surface area contributed by atoms with Gasteiger partial charge in [0.1, 0.15) is 5.69 Å². The van der Waals surface area contributed by atoms with Crippen molar-refractivity contribution in [3.8, 4) is 11.5 Å². The molecule has 0 radical (unpaired) electrons. The third-order valence-corrected chi connectivity index (χ3v) is 3.36. The highest BCUT2D eigenvalue weighted by Crippen LogP contribution is 2.20. The highest BCUT2D eigenvalue weighted by atomic mass is 32.2. The second kappa shape index (κ2) is 5.87. The summed E-state index contributed by atoms with van der Waals surface area (Å²) < 4.78 is 1.85. The van der Waals surface area contributed by atoms with Crippen molar-refractivity contribution in [2.45, 2.75) is 32.0 Å². The van der Waals surface area contributed by atoms with E-state index in [1.54, 1.807) is 0 Å². The summed E-state index contributed by atoms with van der Waals surface area (Å²) in [6, 6.07) is 1.97. The molecule has 0 spiro atoms. The van der Waals surface area contributed by atoms with Gasteiger partial charge in [-0.05, 0) is 19.4 Å². The van der Waals surface area contributed by atoms with Crippen LogP contribution in [0, 0.1) is 0 Å². The number of aryl methyl sites for hydroxylation is 2. The van der Waals surface area contributed by atoms with Gasteiger partial charge >= 0.3 is 5.97 Å². The van der Waals surface area contributed by atoms with Crippen molar-refractivity contribution in [3.05, 3.63) is 11.8 Å². The molecule has 7 nitrogen and oxygen atoms in total. The predicted octanol–water partition coefficient (Wildman–Crippen LogP) is 1.43. The third kappa shape index (κ3) is 3.14. The van der Waals surface area contributed by atoms with Crippen LogP contribution in [-0.4, -0.2) is 41.8 Å². The second-order valence-electron chi connectivity index (χ2n) is 3.84. The van der Waals surface area contributed by atoms with Gasteiger partial charge < -0.3 is 5.11 Å². The molecule has 2 heterocycles. The Morgan fingerprint density at radius 3 is 2.95 bits per heavy atom. The Morgan fingerprint density at radius 2 is 2.32 bits per heavy atom. The summed E-state index contributed by atoms with van der Waals surface area (Å²) in [7, 11) is 0. The molecule has 102 valence electrons. The summed E-state index contributed by atoms with van der Waals surface area (Å²) in [5, 5.41) is 20.3. The first kappa shape index (κ1) is 13.6. The largest absolute Gasteiger partial charge is 0.481 e. The van der Waals surface area contributed by atoms with Gasteiger partial charge in [0.15, 0.2) is 5.82 Å². The van der Waals surface area contributed by atoms with Crippen molar-refractivity contribution in [1.82, 2.24) is 25.0 Å². The van der Waals surface area contributed by atoms with E-state index in [0.717, 1.165) is 36.1 Å². The highest BCUT2D eigenvalue weighted by molar-refractivity contribution is 7.99. The zero-order chi connectivity index (χ0) is 13.8. The van der Waals surface area contributed by atoms with Gasteiger partial charge in [0.2, 0.25) is 5.16 Å². The zero-order valence-electron chi connectivity index (χ0n) is 10.8. The molecule has 0 saturated carbocycles. The number of thioether (sulfide) groups is 1. The Kier molecular flexibility index (Phi) is 4.20. The Balaban J connectivity index is 2.22. The number of hydrogen-bond acceptors (Lipinski definition) is 5. The zero-order valence-corrected chi connectivity index (χ0v) is 11.6. The van der Waals surface area contributed by atoms with E-state index >= 15 is 0 Å². The summed E-state index contributed by atoms with van der Waals surface area (Å²) in [6.45, 7) is 4.79. The number of aromatic nitrogens is 5. The molecule has 2 aromatic heterocycles. The van der Waals surface area contributed by atoms with Gasteiger partial charge in [-0.15, -0.1) is 5.10 Å². The van der Waals surface area contributed by atoms with Gasteiger partial charge in [-0.3, -0.25) is 14.6 Å². The number of aliphatic carboxylic acids is 1. The van der Waals surface area contributed by atoms with Crippen LogP contribution in [0.4, 0.5) is 0 Å². The molecule has 8 heteroatoms. The van der Waals surface area contributed by atoms with Crippen molar-refractivity contribution in [3.63, 3.8) is 0 Å². The molecule has 0 bridgehead atoms. The molecule has 2 aromatic rings. The first-order chi connectivity index (χ1) is 9.13. The SMILES string of the molecule is CCc1cc(-c2nc(SCC(=O)O)n[nH]2)n(CC)n1. The molecule has 0 saturated heterocycles. The molecule has 0 aliphatic heterocycles. The molecule has 0 fully saturated rings. The highest BCUT2D eigenvalue weighted by Gasteiger charge is 2.13. The van der Waals surface area contributed by atoms with Gasteiger partial charge in [0, 0.05) is 6.54 Å². The fourth-order valence-electron chi connectivity index (χ4n) is 1.63. The number of rotatable bonds is 6. The summed E-state index contributed by atoms with van der Waals surface area (Å²) in [6.07, 6.45) is 0.856. The number of carboxylic acid groups (broad SMARTS) is 1. The fourth-order valence-corrected chi connectivity index (χ4v) is 2.14. The molecule has 2 rings (SSSR count). The minimum atomic E-state index is -0.886. The van der Waals surface area contributed by atoms with Crippen LogP contribution in [0.25, 0.3) is 11.5 Å². The Hall–Kier alpha value is -1.83. The Bertz CT molecular complexity index is 577. The van der Waals surface area contributed by atoms with Crippen molar-refractivity contribution in [2.24, 2.45) is 0 Å². The lowest BCUT2D eigenvalue weighted by Gasteiger charge is -1.99. The fraction of sp³-hybridized carbons (Fsp3) is 0.455. The third-order valence-electron chi connectivity index (χ3n) is 2.52. The van der Waals surface area contributed by atoms with Crippen molar-refractivity contribution in [1.29, 1.82) is 0 Å². The number of carboxylic acids is 1. The van der Waals surface area contributed by atoms with E-state index in [-0.39, 0.29) is 5.75 Å². The number of H-pyrrole nitrogens is 1. The topological polar surface area (TPSA) is 96.7 Å². The molecule has 0 unspecified atom stereocenters. The van der Waals surface area contributed by atoms with E-state index in [2.05, 4.69) is 20.3 Å². The Morgan fingerprint density at radius 1 is 1.53 bits per heavy atom. The lowest BCUT2D eigenvalue weighted by atomic mass is 10.3. The van der Waals surface area contributed by atoms with Crippen LogP contribution in [-0.2, 0) is 17.8 Å². The summed E-state index contributed by atoms with van der Waals surface area (Å²) in [5.41, 5.74) is 1.86. The van der Waals surface area contributed by atoms with Crippen molar-refractivity contribution in [2.75, 3.05) is 5.75 Å². The second-order valence-corrected chi connectivity index (χ2v) is 4.78. The molecule has 0 atom stereocenters. The van der Waals surface area contributed by atoms with Crippen molar-refractivity contribution < 1.29 is 9.90 Å². The summed E-state index contributed by atoms with van der Waals surface area (Å²) in [4.78, 5) is 14.8. The Labute approximate surface area is 114 Å². The minimum absolute atomic E-state index is 0.0510. The van der Waals surface area contributed by atoms with Gasteiger partial charge in [-0.25, -0.2) is 0 Å². The van der Waals surface area contributed by atoms with Crippen LogP contribution in [0.1, 0.15) is 19.5 Å². The average molecular weight is 281 g/mol. The average Bonchev–Trinajstić information content (AvgIpc) is 3.02. The van der Waals surface area contributed by atoms with Crippen LogP contribution in [0.2, 0.25) is 0 Å². The molecule has 0 aromatic carbocycles. The van der Waals surface area contributed by atoms with Gasteiger partial charge in [0.05, 0.1) is 11.4 Å².